The van der Waals surface area contributed by atoms with Crippen molar-refractivity contribution >= 4 is 16.0 Å². The molecule has 1 aliphatic rings. The first kappa shape index (κ1) is 27.9. The molecule has 0 radical (unpaired) electrons. The quantitative estimate of drug-likeness (QED) is 0.410. The summed E-state index contributed by atoms with van der Waals surface area (Å²) < 4.78 is 66.2. The molecule has 0 bridgehead atoms. The number of carbonyl (C=O) groups excluding carboxylic acids is 1. The molecule has 1 heterocycles. The van der Waals surface area contributed by atoms with E-state index < -0.39 is 27.4 Å². The molecule has 0 saturated carbocycles. The van der Waals surface area contributed by atoms with Crippen LogP contribution in [0, 0.1) is 0 Å². The third-order valence-corrected chi connectivity index (χ3v) is 7.31. The van der Waals surface area contributed by atoms with Crippen molar-refractivity contribution in [1.82, 2.24) is 15.1 Å². The second-order valence-electron chi connectivity index (χ2n) is 8.91. The Morgan fingerprint density at radius 2 is 1.75 bits per heavy atom. The average molecular weight is 528 g/mol. The molecule has 2 aromatic rings. The number of carbonyl (C=O) groups is 1. The molecule has 3 atom stereocenters. The monoisotopic (exact) mass is 527 g/mol. The number of hydrogen-bond acceptors (Lipinski definition) is 6. The molecule has 7 nitrogen and oxygen atoms in total. The molecular weight excluding hydrogens is 495 g/mol. The Morgan fingerprint density at radius 1 is 1.11 bits per heavy atom. The second kappa shape index (κ2) is 11.2. The van der Waals surface area contributed by atoms with E-state index >= 15 is 0 Å². The van der Waals surface area contributed by atoms with Gasteiger partial charge in [-0.25, -0.2) is 0 Å². The molecule has 1 amide bonds. The van der Waals surface area contributed by atoms with Crippen molar-refractivity contribution in [2.24, 2.45) is 0 Å². The van der Waals surface area contributed by atoms with Gasteiger partial charge in [0.15, 0.2) is 0 Å². The van der Waals surface area contributed by atoms with Gasteiger partial charge in [0, 0.05) is 43.8 Å². The standard InChI is InChI=1S/C25H32F3N3O4S/c1-5-30(6-2)24(32)20-12-10-19(11-13-20)23(31-16-17(3)29-15-18(31)4)21-8-7-9-22(14-21)35-36(33,34)25(26,27)28/h7-14,17-18,23,29H,5-6,15-16H2,1-4H3/t17-,18+,23-/m1/s1. The number of nitrogens with one attached hydrogen (secondary N) is 1. The van der Waals surface area contributed by atoms with Crippen molar-refractivity contribution in [2.45, 2.75) is 51.3 Å². The summed E-state index contributed by atoms with van der Waals surface area (Å²) in [5.74, 6) is -0.501. The summed E-state index contributed by atoms with van der Waals surface area (Å²) in [5.41, 5.74) is -3.59. The van der Waals surface area contributed by atoms with E-state index in [1.54, 1.807) is 23.1 Å². The number of benzene rings is 2. The first-order chi connectivity index (χ1) is 16.9. The number of hydrogen-bond donors (Lipinski definition) is 1. The molecule has 0 unspecified atom stereocenters. The van der Waals surface area contributed by atoms with Crippen LogP contribution in [0.3, 0.4) is 0 Å². The van der Waals surface area contributed by atoms with Gasteiger partial charge in [-0.3, -0.25) is 9.69 Å². The van der Waals surface area contributed by atoms with Crippen molar-refractivity contribution in [2.75, 3.05) is 26.2 Å². The lowest BCUT2D eigenvalue weighted by atomic mass is 9.93. The fourth-order valence-electron chi connectivity index (χ4n) is 4.40. The van der Waals surface area contributed by atoms with Crippen LogP contribution in [0.2, 0.25) is 0 Å². The zero-order chi connectivity index (χ0) is 26.7. The van der Waals surface area contributed by atoms with Crippen LogP contribution in [0.4, 0.5) is 13.2 Å². The number of halogens is 3. The molecule has 1 fully saturated rings. The van der Waals surface area contributed by atoms with E-state index in [4.69, 9.17) is 0 Å². The van der Waals surface area contributed by atoms with Crippen molar-refractivity contribution in [3.05, 3.63) is 65.2 Å². The Kier molecular flexibility index (Phi) is 8.68. The van der Waals surface area contributed by atoms with Gasteiger partial charge in [-0.05, 0) is 63.1 Å². The summed E-state index contributed by atoms with van der Waals surface area (Å²) in [5, 5.41) is 3.41. The second-order valence-corrected chi connectivity index (χ2v) is 10.5. The molecule has 3 rings (SSSR count). The van der Waals surface area contributed by atoms with Crippen LogP contribution in [-0.2, 0) is 10.1 Å². The zero-order valence-electron chi connectivity index (χ0n) is 20.7. The number of rotatable bonds is 8. The zero-order valence-corrected chi connectivity index (χ0v) is 21.6. The lowest BCUT2D eigenvalue weighted by Gasteiger charge is -2.43. The Balaban J connectivity index is 2.03. The van der Waals surface area contributed by atoms with Crippen LogP contribution in [0.25, 0.3) is 0 Å². The van der Waals surface area contributed by atoms with Crippen LogP contribution < -0.4 is 9.50 Å². The molecule has 0 aromatic heterocycles. The molecule has 198 valence electrons. The third kappa shape index (κ3) is 6.19. The van der Waals surface area contributed by atoms with Gasteiger partial charge < -0.3 is 14.4 Å². The molecule has 2 aromatic carbocycles. The Hall–Kier alpha value is -2.63. The third-order valence-electron chi connectivity index (χ3n) is 6.33. The summed E-state index contributed by atoms with van der Waals surface area (Å²) in [6, 6.07) is 12.7. The van der Waals surface area contributed by atoms with E-state index in [9.17, 15) is 26.4 Å². The normalized spacial score (nSPS) is 20.1. The van der Waals surface area contributed by atoms with Crippen LogP contribution in [0.1, 0.15) is 55.2 Å². The van der Waals surface area contributed by atoms with Gasteiger partial charge >= 0.3 is 15.6 Å². The van der Waals surface area contributed by atoms with Crippen LogP contribution in [0.5, 0.6) is 5.75 Å². The van der Waals surface area contributed by atoms with Crippen LogP contribution >= 0.6 is 0 Å². The smallest absolute Gasteiger partial charge is 0.376 e. The molecule has 0 aliphatic carbocycles. The van der Waals surface area contributed by atoms with Crippen LogP contribution in [-0.4, -0.2) is 67.9 Å². The van der Waals surface area contributed by atoms with E-state index in [0.717, 1.165) is 5.56 Å². The van der Waals surface area contributed by atoms with E-state index in [0.29, 0.717) is 37.3 Å². The fraction of sp³-hybridized carbons (Fsp3) is 0.480. The number of nitrogens with zero attached hydrogens (tertiary/aromatic N) is 2. The minimum atomic E-state index is -5.80. The Morgan fingerprint density at radius 3 is 2.33 bits per heavy atom. The lowest BCUT2D eigenvalue weighted by Crippen LogP contribution is -2.55. The van der Waals surface area contributed by atoms with Gasteiger partial charge in [0.05, 0.1) is 6.04 Å². The SMILES string of the molecule is CCN(CC)C(=O)c1ccc([C@H](c2cccc(OS(=O)(=O)C(F)(F)F)c2)N2C[C@@H](C)NC[C@@H]2C)cc1. The Bertz CT molecular complexity index is 1150. The van der Waals surface area contributed by atoms with Gasteiger partial charge in [-0.2, -0.15) is 21.6 Å². The Labute approximate surface area is 210 Å². The molecule has 1 saturated heterocycles. The van der Waals surface area contributed by atoms with Gasteiger partial charge in [0.25, 0.3) is 5.91 Å². The van der Waals surface area contributed by atoms with Crippen molar-refractivity contribution in [3.63, 3.8) is 0 Å². The minimum Gasteiger partial charge on any atom is -0.376 e. The first-order valence-corrected chi connectivity index (χ1v) is 13.3. The maximum absolute atomic E-state index is 12.9. The number of piperazine rings is 1. The largest absolute Gasteiger partial charge is 0.534 e. The molecule has 1 aliphatic heterocycles. The van der Waals surface area contributed by atoms with E-state index in [-0.39, 0.29) is 18.0 Å². The highest BCUT2D eigenvalue weighted by Gasteiger charge is 2.48. The fourth-order valence-corrected chi connectivity index (χ4v) is 4.85. The highest BCUT2D eigenvalue weighted by molar-refractivity contribution is 7.88. The van der Waals surface area contributed by atoms with Crippen LogP contribution in [0.15, 0.2) is 48.5 Å². The summed E-state index contributed by atoms with van der Waals surface area (Å²) in [7, 11) is -5.80. The summed E-state index contributed by atoms with van der Waals surface area (Å²) in [6.45, 7) is 10.4. The molecular formula is C25H32F3N3O4S. The van der Waals surface area contributed by atoms with E-state index in [2.05, 4.69) is 14.4 Å². The van der Waals surface area contributed by atoms with Gasteiger partial charge in [-0.1, -0.05) is 24.3 Å². The molecule has 36 heavy (non-hydrogen) atoms. The maximum Gasteiger partial charge on any atom is 0.534 e. The number of alkyl halides is 3. The van der Waals surface area contributed by atoms with Gasteiger partial charge in [-0.15, -0.1) is 0 Å². The molecule has 11 heteroatoms. The predicted molar refractivity (Wildman–Crippen MR) is 131 cm³/mol. The predicted octanol–water partition coefficient (Wildman–Crippen LogP) is 4.17. The van der Waals surface area contributed by atoms with Gasteiger partial charge in [0.2, 0.25) is 0 Å². The van der Waals surface area contributed by atoms with E-state index in [1.165, 1.54) is 18.2 Å². The summed E-state index contributed by atoms with van der Waals surface area (Å²) in [4.78, 5) is 16.7. The lowest BCUT2D eigenvalue weighted by molar-refractivity contribution is -0.0500. The maximum atomic E-state index is 12.9. The van der Waals surface area contributed by atoms with Crippen molar-refractivity contribution < 1.29 is 30.6 Å². The van der Waals surface area contributed by atoms with Crippen molar-refractivity contribution in [1.29, 1.82) is 0 Å². The highest BCUT2D eigenvalue weighted by atomic mass is 32.2. The highest BCUT2D eigenvalue weighted by Crippen LogP contribution is 2.35. The summed E-state index contributed by atoms with van der Waals surface area (Å²) in [6.07, 6.45) is 0. The average Bonchev–Trinajstić information content (AvgIpc) is 2.82. The van der Waals surface area contributed by atoms with Gasteiger partial charge in [0.1, 0.15) is 5.75 Å². The first-order valence-electron chi connectivity index (χ1n) is 11.9. The topological polar surface area (TPSA) is 79.0 Å². The minimum absolute atomic E-state index is 0.0756. The van der Waals surface area contributed by atoms with E-state index in [1.807, 2.05) is 39.8 Å². The summed E-state index contributed by atoms with van der Waals surface area (Å²) >= 11 is 0. The molecule has 1 N–H and O–H groups in total. The number of amides is 1. The molecule has 0 spiro atoms. The van der Waals surface area contributed by atoms with Crippen molar-refractivity contribution in [3.8, 4) is 5.75 Å².